The van der Waals surface area contributed by atoms with E-state index >= 15 is 0 Å². The number of likely N-dealkylation sites (tertiary alicyclic amines) is 1. The number of alkyl halides is 1. The molecule has 2 rings (SSSR count). The molecule has 5 atom stereocenters. The van der Waals surface area contributed by atoms with E-state index in [2.05, 4.69) is 16.0 Å². The fraction of sp³-hybridized carbons (Fsp3) is 0.633. The number of rotatable bonds is 11. The summed E-state index contributed by atoms with van der Waals surface area (Å²) in [6.07, 6.45) is -2.50. The Bertz CT molecular complexity index is 1110. The average Bonchev–Trinajstić information content (AvgIpc) is 3.29. The van der Waals surface area contributed by atoms with Crippen molar-refractivity contribution in [3.63, 3.8) is 0 Å². The van der Waals surface area contributed by atoms with Gasteiger partial charge in [-0.2, -0.15) is 0 Å². The largest absolute Gasteiger partial charge is 0.467 e. The number of halogens is 1. The normalized spacial score (nSPS) is 19.1. The first-order chi connectivity index (χ1) is 19.5. The van der Waals surface area contributed by atoms with Gasteiger partial charge in [0.2, 0.25) is 17.7 Å². The maximum Gasteiger partial charge on any atom is 0.408 e. The van der Waals surface area contributed by atoms with E-state index in [0.717, 1.165) is 10.5 Å². The second kappa shape index (κ2) is 15.0. The van der Waals surface area contributed by atoms with Gasteiger partial charge in [0.25, 0.3) is 0 Å². The third kappa shape index (κ3) is 9.99. The van der Waals surface area contributed by atoms with E-state index in [1.54, 1.807) is 72.7 Å². The molecule has 1 fully saturated rings. The Morgan fingerprint density at radius 3 is 2.07 bits per heavy atom. The number of esters is 1. The molecule has 11 nitrogen and oxygen atoms in total. The van der Waals surface area contributed by atoms with Crippen LogP contribution in [0.2, 0.25) is 0 Å². The van der Waals surface area contributed by atoms with Gasteiger partial charge in [0.15, 0.2) is 0 Å². The van der Waals surface area contributed by atoms with Gasteiger partial charge in [-0.3, -0.25) is 14.4 Å². The molecule has 234 valence electrons. The molecule has 1 saturated heterocycles. The van der Waals surface area contributed by atoms with E-state index in [0.29, 0.717) is 0 Å². The van der Waals surface area contributed by atoms with Crippen LogP contribution in [0.15, 0.2) is 30.3 Å². The lowest BCUT2D eigenvalue weighted by molar-refractivity contribution is -0.147. The summed E-state index contributed by atoms with van der Waals surface area (Å²) in [7, 11) is 1.22. The summed E-state index contributed by atoms with van der Waals surface area (Å²) in [5.74, 6) is -3.27. The van der Waals surface area contributed by atoms with E-state index in [9.17, 15) is 28.4 Å². The van der Waals surface area contributed by atoms with Gasteiger partial charge in [-0.15, -0.1) is 0 Å². The zero-order valence-electron chi connectivity index (χ0n) is 25.7. The summed E-state index contributed by atoms with van der Waals surface area (Å²) < 4.78 is 24.9. The molecule has 0 aromatic heterocycles. The molecule has 1 heterocycles. The molecule has 0 radical (unpaired) electrons. The number of carbonyl (C=O) groups excluding carboxylic acids is 5. The van der Waals surface area contributed by atoms with Crippen LogP contribution in [0.25, 0.3) is 0 Å². The second-order valence-corrected chi connectivity index (χ2v) is 12.2. The Balaban J connectivity index is 2.27. The predicted octanol–water partition coefficient (Wildman–Crippen LogP) is 2.52. The summed E-state index contributed by atoms with van der Waals surface area (Å²) in [6, 6.07) is 4.59. The molecule has 0 spiro atoms. The molecule has 4 amide bonds. The van der Waals surface area contributed by atoms with Crippen molar-refractivity contribution in [3.8, 4) is 0 Å². The zero-order chi connectivity index (χ0) is 31.8. The number of nitrogens with one attached hydrogen (secondary N) is 3. The second-order valence-electron chi connectivity index (χ2n) is 12.2. The molecular formula is C30H45FN4O7. The smallest absolute Gasteiger partial charge is 0.408 e. The third-order valence-corrected chi connectivity index (χ3v) is 6.77. The lowest BCUT2D eigenvalue weighted by atomic mass is 9.99. The van der Waals surface area contributed by atoms with Crippen molar-refractivity contribution in [1.29, 1.82) is 0 Å². The van der Waals surface area contributed by atoms with Gasteiger partial charge in [0, 0.05) is 12.8 Å². The molecule has 12 heteroatoms. The van der Waals surface area contributed by atoms with Gasteiger partial charge < -0.3 is 30.3 Å². The summed E-state index contributed by atoms with van der Waals surface area (Å²) >= 11 is 0. The molecule has 0 unspecified atom stereocenters. The van der Waals surface area contributed by atoms with Gasteiger partial charge in [-0.25, -0.2) is 14.0 Å². The molecule has 0 bridgehead atoms. The van der Waals surface area contributed by atoms with E-state index < -0.39 is 71.6 Å². The summed E-state index contributed by atoms with van der Waals surface area (Å²) in [6.45, 7) is 11.6. The first kappa shape index (κ1) is 34.5. The molecule has 0 aliphatic carbocycles. The van der Waals surface area contributed by atoms with Gasteiger partial charge in [-0.1, -0.05) is 58.0 Å². The van der Waals surface area contributed by atoms with Crippen molar-refractivity contribution in [1.82, 2.24) is 20.9 Å². The fourth-order valence-electron chi connectivity index (χ4n) is 4.63. The van der Waals surface area contributed by atoms with Crippen LogP contribution in [-0.2, 0) is 35.1 Å². The average molecular weight is 593 g/mol. The minimum Gasteiger partial charge on any atom is -0.467 e. The standard InChI is InChI=1S/C30H45FN4O7/c1-17(2)23(26(37)34-24(18(3)4)28(39)41-8)33-25(36)22-15-20(31)16-35(22)27(38)21(14-19-12-10-9-11-13-19)32-29(40)42-30(5,6)7/h9-13,17-18,20-24H,14-16H2,1-8H3,(H,32,40)(H,33,36)(H,34,37)/t20-,21-,22-,23-,24-/m0/s1. The SMILES string of the molecule is COC(=O)[C@@H](NC(=O)[C@@H](NC(=O)[C@@H]1C[C@H](F)CN1C(=O)[C@H](Cc1ccccc1)NC(=O)OC(C)(C)C)C(C)C)C(C)C. The Hall–Kier alpha value is -3.70. The minimum atomic E-state index is -1.49. The lowest BCUT2D eigenvalue weighted by Crippen LogP contribution is -2.59. The van der Waals surface area contributed by atoms with Crippen LogP contribution < -0.4 is 16.0 Å². The Kier molecular flexibility index (Phi) is 12.3. The minimum absolute atomic E-state index is 0.0852. The highest BCUT2D eigenvalue weighted by Gasteiger charge is 2.44. The van der Waals surface area contributed by atoms with E-state index in [-0.39, 0.29) is 25.3 Å². The zero-order valence-corrected chi connectivity index (χ0v) is 25.7. The number of benzene rings is 1. The molecule has 1 aromatic rings. The number of amides is 4. The summed E-state index contributed by atoms with van der Waals surface area (Å²) in [5, 5.41) is 7.86. The van der Waals surface area contributed by atoms with Crippen molar-refractivity contribution in [3.05, 3.63) is 35.9 Å². The van der Waals surface area contributed by atoms with Gasteiger partial charge in [-0.05, 0) is 38.2 Å². The molecule has 42 heavy (non-hydrogen) atoms. The van der Waals surface area contributed by atoms with Crippen LogP contribution in [0.1, 0.15) is 60.5 Å². The molecular weight excluding hydrogens is 547 g/mol. The maximum absolute atomic E-state index is 14.7. The van der Waals surface area contributed by atoms with Crippen molar-refractivity contribution in [2.45, 2.75) is 97.2 Å². The highest BCUT2D eigenvalue weighted by molar-refractivity contribution is 5.95. The molecule has 1 aliphatic rings. The van der Waals surface area contributed by atoms with E-state index in [4.69, 9.17) is 9.47 Å². The highest BCUT2D eigenvalue weighted by Crippen LogP contribution is 2.23. The van der Waals surface area contributed by atoms with Crippen LogP contribution in [0.3, 0.4) is 0 Å². The number of alkyl carbamates (subject to hydrolysis) is 1. The molecule has 0 saturated carbocycles. The van der Waals surface area contributed by atoms with Crippen LogP contribution in [0.5, 0.6) is 0 Å². The van der Waals surface area contributed by atoms with Crippen molar-refractivity contribution in [2.24, 2.45) is 11.8 Å². The van der Waals surface area contributed by atoms with Crippen LogP contribution in [0.4, 0.5) is 9.18 Å². The Labute approximate surface area is 247 Å². The Morgan fingerprint density at radius 2 is 1.55 bits per heavy atom. The lowest BCUT2D eigenvalue weighted by Gasteiger charge is -2.31. The van der Waals surface area contributed by atoms with Crippen LogP contribution in [0, 0.1) is 11.8 Å². The third-order valence-electron chi connectivity index (χ3n) is 6.77. The topological polar surface area (TPSA) is 143 Å². The number of carbonyl (C=O) groups is 5. The molecule has 1 aliphatic heterocycles. The first-order valence-electron chi connectivity index (χ1n) is 14.2. The fourth-order valence-corrected chi connectivity index (χ4v) is 4.63. The quantitative estimate of drug-likeness (QED) is 0.335. The van der Waals surface area contributed by atoms with Gasteiger partial charge in [0.05, 0.1) is 13.7 Å². The number of hydrogen-bond donors (Lipinski definition) is 3. The summed E-state index contributed by atoms with van der Waals surface area (Å²) in [5.41, 5.74) is -0.0786. The number of ether oxygens (including phenoxy) is 2. The predicted molar refractivity (Wildman–Crippen MR) is 154 cm³/mol. The van der Waals surface area contributed by atoms with E-state index in [1.807, 2.05) is 6.07 Å². The van der Waals surface area contributed by atoms with Gasteiger partial charge in [0.1, 0.15) is 35.9 Å². The monoisotopic (exact) mass is 592 g/mol. The van der Waals surface area contributed by atoms with Crippen molar-refractivity contribution < 1.29 is 37.8 Å². The van der Waals surface area contributed by atoms with Crippen LogP contribution in [-0.4, -0.2) is 84.3 Å². The van der Waals surface area contributed by atoms with Crippen molar-refractivity contribution in [2.75, 3.05) is 13.7 Å². The van der Waals surface area contributed by atoms with Crippen LogP contribution >= 0.6 is 0 Å². The van der Waals surface area contributed by atoms with Gasteiger partial charge >= 0.3 is 12.1 Å². The highest BCUT2D eigenvalue weighted by atomic mass is 19.1. The molecule has 1 aromatic carbocycles. The van der Waals surface area contributed by atoms with Crippen molar-refractivity contribution >= 4 is 29.8 Å². The van der Waals surface area contributed by atoms with E-state index in [1.165, 1.54) is 7.11 Å². The first-order valence-corrected chi connectivity index (χ1v) is 14.2. The number of methoxy groups -OCH3 is 1. The summed E-state index contributed by atoms with van der Waals surface area (Å²) in [4.78, 5) is 66.3. The number of nitrogens with zero attached hydrogens (tertiary/aromatic N) is 1. The Morgan fingerprint density at radius 1 is 0.952 bits per heavy atom. The molecule has 3 N–H and O–H groups in total. The maximum atomic E-state index is 14.7. The number of hydrogen-bond acceptors (Lipinski definition) is 7.